The van der Waals surface area contributed by atoms with Crippen molar-refractivity contribution in [2.45, 2.75) is 26.2 Å². The molecular formula is C23H21NO4S. The maximum absolute atomic E-state index is 12.5. The number of hydrogen-bond acceptors (Lipinski definition) is 4. The van der Waals surface area contributed by atoms with E-state index in [-0.39, 0.29) is 23.1 Å². The number of rotatable bonds is 5. The molecule has 0 aliphatic carbocycles. The lowest BCUT2D eigenvalue weighted by molar-refractivity contribution is -0.116. The molecular weight excluding hydrogens is 386 g/mol. The highest BCUT2D eigenvalue weighted by atomic mass is 32.1. The second-order valence-corrected chi connectivity index (χ2v) is 8.08. The molecule has 0 spiro atoms. The van der Waals surface area contributed by atoms with Crippen molar-refractivity contribution in [2.75, 3.05) is 11.9 Å². The predicted molar refractivity (Wildman–Crippen MR) is 114 cm³/mol. The second kappa shape index (κ2) is 7.72. The van der Waals surface area contributed by atoms with Crippen molar-refractivity contribution >= 4 is 28.9 Å². The average Bonchev–Trinajstić information content (AvgIpc) is 3.08. The summed E-state index contributed by atoms with van der Waals surface area (Å²) in [5, 5.41) is 12.8. The molecule has 0 saturated heterocycles. The van der Waals surface area contributed by atoms with E-state index in [2.05, 4.69) is 5.32 Å². The molecule has 1 aliphatic heterocycles. The minimum Gasteiger partial charge on any atom is -0.494 e. The summed E-state index contributed by atoms with van der Waals surface area (Å²) in [7, 11) is 0. The Morgan fingerprint density at radius 2 is 1.86 bits per heavy atom. The molecule has 1 amide bonds. The van der Waals surface area contributed by atoms with E-state index < -0.39 is 5.97 Å². The van der Waals surface area contributed by atoms with Gasteiger partial charge in [-0.05, 0) is 37.1 Å². The predicted octanol–water partition coefficient (Wildman–Crippen LogP) is 5.29. The fraction of sp³-hybridized carbons (Fsp3) is 0.217. The van der Waals surface area contributed by atoms with Crippen molar-refractivity contribution in [2.24, 2.45) is 0 Å². The first-order chi connectivity index (χ1) is 14.0. The number of hydrogen-bond donors (Lipinski definition) is 2. The minimum atomic E-state index is -0.986. The van der Waals surface area contributed by atoms with Crippen molar-refractivity contribution in [3.63, 3.8) is 0 Å². The van der Waals surface area contributed by atoms with Crippen molar-refractivity contribution in [1.29, 1.82) is 0 Å². The van der Waals surface area contributed by atoms with Gasteiger partial charge in [0.2, 0.25) is 5.91 Å². The van der Waals surface area contributed by atoms with Crippen LogP contribution in [0.2, 0.25) is 0 Å². The number of benzene rings is 2. The molecule has 148 valence electrons. The van der Waals surface area contributed by atoms with Crippen LogP contribution in [0.3, 0.4) is 0 Å². The summed E-state index contributed by atoms with van der Waals surface area (Å²) in [5.41, 5.74) is 4.05. The molecule has 0 unspecified atom stereocenters. The molecule has 1 aliphatic rings. The van der Waals surface area contributed by atoms with Gasteiger partial charge in [0.05, 0.1) is 12.3 Å². The molecule has 3 aromatic rings. The van der Waals surface area contributed by atoms with E-state index in [0.29, 0.717) is 17.9 Å². The number of fused-ring (bicyclic) bond motifs is 1. The van der Waals surface area contributed by atoms with Gasteiger partial charge in [0.25, 0.3) is 0 Å². The lowest BCUT2D eigenvalue weighted by atomic mass is 9.88. The third-order valence-electron chi connectivity index (χ3n) is 5.03. The Morgan fingerprint density at radius 3 is 2.48 bits per heavy atom. The Balaban J connectivity index is 1.84. The Morgan fingerprint density at radius 1 is 1.17 bits per heavy atom. The Bertz CT molecular complexity index is 1070. The van der Waals surface area contributed by atoms with E-state index in [1.165, 1.54) is 11.3 Å². The van der Waals surface area contributed by atoms with Gasteiger partial charge in [0.1, 0.15) is 10.6 Å². The van der Waals surface area contributed by atoms with Crippen LogP contribution in [-0.4, -0.2) is 23.6 Å². The van der Waals surface area contributed by atoms with Crippen LogP contribution in [0.4, 0.5) is 5.69 Å². The smallest absolute Gasteiger partial charge is 0.346 e. The number of carboxylic acid groups (broad SMARTS) is 1. The highest BCUT2D eigenvalue weighted by Crippen LogP contribution is 2.49. The Hall–Kier alpha value is -3.12. The summed E-state index contributed by atoms with van der Waals surface area (Å²) in [5.74, 6) is -0.509. The van der Waals surface area contributed by atoms with Crippen LogP contribution in [0.5, 0.6) is 5.75 Å². The van der Waals surface area contributed by atoms with Crippen LogP contribution in [0.15, 0.2) is 48.5 Å². The van der Waals surface area contributed by atoms with E-state index in [1.54, 1.807) is 0 Å². The van der Waals surface area contributed by atoms with Crippen molar-refractivity contribution < 1.29 is 19.4 Å². The first-order valence-corrected chi connectivity index (χ1v) is 10.3. The van der Waals surface area contributed by atoms with Crippen LogP contribution >= 0.6 is 11.3 Å². The van der Waals surface area contributed by atoms with E-state index in [9.17, 15) is 14.7 Å². The number of carboxylic acids is 1. The zero-order valence-electron chi connectivity index (χ0n) is 16.2. The minimum absolute atomic E-state index is 0.112. The average molecular weight is 407 g/mol. The molecule has 2 heterocycles. The van der Waals surface area contributed by atoms with Crippen molar-refractivity contribution in [3.05, 3.63) is 69.4 Å². The number of nitrogens with one attached hydrogen (secondary N) is 1. The topological polar surface area (TPSA) is 75.6 Å². The summed E-state index contributed by atoms with van der Waals surface area (Å²) in [6, 6.07) is 15.4. The molecule has 2 aromatic carbocycles. The van der Waals surface area contributed by atoms with Gasteiger partial charge in [-0.15, -0.1) is 11.3 Å². The molecule has 1 aromatic heterocycles. The number of carbonyl (C=O) groups excluding carboxylic acids is 1. The summed E-state index contributed by atoms with van der Waals surface area (Å²) in [6.45, 7) is 4.49. The second-order valence-electron chi connectivity index (χ2n) is 7.02. The van der Waals surface area contributed by atoms with E-state index in [1.807, 2.05) is 62.4 Å². The van der Waals surface area contributed by atoms with Crippen molar-refractivity contribution in [3.8, 4) is 16.9 Å². The maximum Gasteiger partial charge on any atom is 0.346 e. The largest absolute Gasteiger partial charge is 0.494 e. The first kappa shape index (κ1) is 19.2. The highest BCUT2D eigenvalue weighted by Gasteiger charge is 2.34. The van der Waals surface area contributed by atoms with Gasteiger partial charge in [-0.1, -0.05) is 42.0 Å². The fourth-order valence-electron chi connectivity index (χ4n) is 3.67. The Kier molecular flexibility index (Phi) is 5.11. The molecule has 29 heavy (non-hydrogen) atoms. The quantitative estimate of drug-likeness (QED) is 0.602. The number of carbonyl (C=O) groups is 2. The van der Waals surface area contributed by atoms with Gasteiger partial charge in [0, 0.05) is 22.8 Å². The third kappa shape index (κ3) is 3.63. The molecule has 1 atom stereocenters. The van der Waals surface area contributed by atoms with Crippen LogP contribution in [0.1, 0.15) is 44.9 Å². The maximum atomic E-state index is 12.5. The van der Waals surface area contributed by atoms with Crippen LogP contribution < -0.4 is 10.1 Å². The lowest BCUT2D eigenvalue weighted by Crippen LogP contribution is -2.22. The third-order valence-corrected chi connectivity index (χ3v) is 6.33. The number of aryl methyl sites for hydroxylation is 1. The van der Waals surface area contributed by atoms with E-state index in [4.69, 9.17) is 4.74 Å². The summed E-state index contributed by atoms with van der Waals surface area (Å²) < 4.78 is 5.51. The van der Waals surface area contributed by atoms with Crippen LogP contribution in [0, 0.1) is 6.92 Å². The number of aromatic carboxylic acids is 1. The van der Waals surface area contributed by atoms with Gasteiger partial charge in [0.15, 0.2) is 0 Å². The normalized spacial score (nSPS) is 15.5. The van der Waals surface area contributed by atoms with Gasteiger partial charge in [-0.2, -0.15) is 0 Å². The van der Waals surface area contributed by atoms with Crippen LogP contribution in [-0.2, 0) is 4.79 Å². The van der Waals surface area contributed by atoms with Crippen molar-refractivity contribution in [1.82, 2.24) is 0 Å². The monoisotopic (exact) mass is 407 g/mol. The standard InChI is InChI=1S/C23H21NO4S/c1-3-28-16-10-8-14(9-11-16)17-12-18(25)24-20-19(15-6-4-13(2)5-7-15)22(23(26)27)29-21(17)20/h4-11,17H,3,12H2,1-2H3,(H,24,25)(H,26,27)/t17-/m1/s1. The number of amides is 1. The lowest BCUT2D eigenvalue weighted by Gasteiger charge is -2.24. The summed E-state index contributed by atoms with van der Waals surface area (Å²) in [4.78, 5) is 25.6. The molecule has 5 nitrogen and oxygen atoms in total. The molecule has 4 rings (SSSR count). The highest BCUT2D eigenvalue weighted by molar-refractivity contribution is 7.15. The number of anilines is 1. The fourth-order valence-corrected chi connectivity index (χ4v) is 4.91. The van der Waals surface area contributed by atoms with E-state index in [0.717, 1.165) is 27.3 Å². The summed E-state index contributed by atoms with van der Waals surface area (Å²) >= 11 is 1.24. The zero-order chi connectivity index (χ0) is 20.5. The molecule has 0 bridgehead atoms. The molecule has 2 N–H and O–H groups in total. The van der Waals surface area contributed by atoms with Crippen LogP contribution in [0.25, 0.3) is 11.1 Å². The number of thiophene rings is 1. The number of ether oxygens (including phenoxy) is 1. The zero-order valence-corrected chi connectivity index (χ0v) is 17.0. The molecule has 0 radical (unpaired) electrons. The van der Waals surface area contributed by atoms with E-state index >= 15 is 0 Å². The van der Waals surface area contributed by atoms with Gasteiger partial charge >= 0.3 is 5.97 Å². The van der Waals surface area contributed by atoms with Gasteiger partial charge < -0.3 is 15.2 Å². The molecule has 0 saturated carbocycles. The SMILES string of the molecule is CCOc1ccc([C@H]2CC(=O)Nc3c2sc(C(=O)O)c3-c2ccc(C)cc2)cc1. The molecule has 6 heteroatoms. The van der Waals surface area contributed by atoms with Gasteiger partial charge in [-0.3, -0.25) is 4.79 Å². The van der Waals surface area contributed by atoms with Gasteiger partial charge in [-0.25, -0.2) is 4.79 Å². The molecule has 0 fully saturated rings. The summed E-state index contributed by atoms with van der Waals surface area (Å²) in [6.07, 6.45) is 0.286. The first-order valence-electron chi connectivity index (χ1n) is 9.47. The Labute approximate surface area is 173 Å².